The molecule has 19 rings (SSSR count). The Hall–Kier alpha value is -16.1. The average molecular weight is 1920 g/mol. The van der Waals surface area contributed by atoms with Crippen LogP contribution >= 0.6 is 0 Å². The van der Waals surface area contributed by atoms with Crippen molar-refractivity contribution in [3.05, 3.63) is 275 Å². The molecule has 0 spiro atoms. The molecule has 10 aromatic heterocycles. The Morgan fingerprint density at radius 1 is 0.350 bits per heavy atom. The first-order valence-corrected chi connectivity index (χ1v) is 47.9. The van der Waals surface area contributed by atoms with E-state index >= 15 is 0 Å². The van der Waals surface area contributed by atoms with Crippen LogP contribution in [0, 0.1) is 17.8 Å². The van der Waals surface area contributed by atoms with Crippen molar-refractivity contribution < 1.29 is 37.9 Å². The number of aryl methyl sites for hydroxylation is 4. The van der Waals surface area contributed by atoms with Gasteiger partial charge in [0.25, 0.3) is 0 Å². The summed E-state index contributed by atoms with van der Waals surface area (Å²) in [6.07, 6.45) is 29.3. The van der Waals surface area contributed by atoms with Gasteiger partial charge >= 0.3 is 0 Å². The molecule has 143 heavy (non-hydrogen) atoms. The minimum atomic E-state index is 0.163. The molecule has 32 heteroatoms. The van der Waals surface area contributed by atoms with Crippen LogP contribution in [-0.2, 0) is 34.7 Å². The van der Waals surface area contributed by atoms with Gasteiger partial charge in [0.15, 0.2) is 0 Å². The highest BCUT2D eigenvalue weighted by molar-refractivity contribution is 5.87. The molecule has 0 amide bonds. The van der Waals surface area contributed by atoms with Gasteiger partial charge in [0.05, 0.1) is 173 Å². The van der Waals surface area contributed by atoms with Crippen LogP contribution in [0.1, 0.15) is 73.4 Å². The number of ether oxygens (including phenoxy) is 8. The van der Waals surface area contributed by atoms with Crippen LogP contribution in [0.4, 0.5) is 45.5 Å². The molecule has 2 unspecified atom stereocenters. The van der Waals surface area contributed by atoms with Gasteiger partial charge in [0.2, 0.25) is 0 Å². The molecule has 0 radical (unpaired) electrons. The van der Waals surface area contributed by atoms with Crippen molar-refractivity contribution in [2.75, 3.05) is 103 Å². The number of hydrogen-bond donors (Lipinski definition) is 2. The van der Waals surface area contributed by atoms with Gasteiger partial charge in [-0.2, -0.15) is 20.4 Å². The first kappa shape index (κ1) is 99.9. The number of hydrogen-bond acceptors (Lipinski definition) is 27. The molecular formula is C111H126N24O8. The SMILES string of the molecule is COc1cc(OC)cc(N(CC(NC(C)C)C(C)C)c2ccc3ncc(-c4cnn(C)c4)nc3c2)c1.COc1cc(OC)cc(N(CCn2cccc2)c2ccc3ncc(-c4cnn(C)c4)nc3c2)c1.COc1cc(OC)cc(N(C[C@H]2C[C@@H]2c2ccccn2)c2ccc3ncc(-c4cnn(C)c4)nc3c2)c1.COc1cc(OC)cc(N(c2ccc3ncc(-c4cnn(C)c4)nc3c2)C(CNC(C)C)C(C)C)c1. The highest BCUT2D eigenvalue weighted by Crippen LogP contribution is 2.50. The van der Waals surface area contributed by atoms with Gasteiger partial charge in [0, 0.05) is 281 Å². The van der Waals surface area contributed by atoms with E-state index in [1.807, 2.05) is 162 Å². The lowest BCUT2D eigenvalue weighted by atomic mass is 9.99. The lowest BCUT2D eigenvalue weighted by Gasteiger charge is -2.37. The maximum absolute atomic E-state index is 5.61. The minimum Gasteiger partial charge on any atom is -0.497 e. The second-order valence-corrected chi connectivity index (χ2v) is 36.7. The molecule has 0 bridgehead atoms. The summed E-state index contributed by atoms with van der Waals surface area (Å²) in [5.41, 5.74) is 22.8. The summed E-state index contributed by atoms with van der Waals surface area (Å²) < 4.78 is 53.8. The second-order valence-electron chi connectivity index (χ2n) is 36.7. The molecule has 1 aliphatic carbocycles. The number of aromatic nitrogens is 18. The van der Waals surface area contributed by atoms with Gasteiger partial charge < -0.3 is 72.7 Å². The molecule has 2 N–H and O–H groups in total. The van der Waals surface area contributed by atoms with Crippen LogP contribution in [0.15, 0.2) is 269 Å². The van der Waals surface area contributed by atoms with E-state index in [2.05, 4.69) is 221 Å². The maximum Gasteiger partial charge on any atom is 0.124 e. The van der Waals surface area contributed by atoms with E-state index in [-0.39, 0.29) is 12.1 Å². The van der Waals surface area contributed by atoms with Crippen LogP contribution in [0.25, 0.3) is 89.2 Å². The number of nitrogens with one attached hydrogen (secondary N) is 2. The Bertz CT molecular complexity index is 7220. The first-order chi connectivity index (χ1) is 69.3. The summed E-state index contributed by atoms with van der Waals surface area (Å²) in [6.45, 7) is 21.6. The van der Waals surface area contributed by atoms with Gasteiger partial charge in [-0.05, 0) is 121 Å². The van der Waals surface area contributed by atoms with E-state index in [4.69, 9.17) is 57.8 Å². The van der Waals surface area contributed by atoms with Crippen molar-refractivity contribution in [3.63, 3.8) is 0 Å². The van der Waals surface area contributed by atoms with Crippen LogP contribution in [0.3, 0.4) is 0 Å². The van der Waals surface area contributed by atoms with Crippen molar-refractivity contribution in [1.82, 2.24) is 99.2 Å². The van der Waals surface area contributed by atoms with E-state index in [0.29, 0.717) is 35.8 Å². The summed E-state index contributed by atoms with van der Waals surface area (Å²) in [4.78, 5) is 52.0. The maximum atomic E-state index is 5.61. The molecule has 1 aliphatic rings. The standard InChI is InChI=1S/C29H28N6O2.2C28H36N6O2.C26H26N6O2/c1-34-17-20(15-32-34)29-16-31-27-8-7-21(13-28(27)33-29)35(22-11-23(36-2)14-24(12-22)37-3)18-19-10-25(19)26-6-4-5-9-30-26;1-18(2)28(16-29-19(3)4)34(22-10-23(35-6)13-24(11-22)36-7)21-8-9-25-26(12-21)32-27(15-30-25)20-14-31-33(5)17-20;1-18(2)28(31-19(3)4)17-34(22-10-23(35-6)13-24(11-22)36-7)21-8-9-25-26(12-21)32-27(15-29-25)20-14-30-33(5)16-20;1-30-18-19(16-28-30)26-17-27-24-7-6-20(14-25(24)29-26)32(11-10-31-8-4-5-9-31)21-12-22(33-2)15-23(13-21)34-3/h4-9,11-17,19,25H,10,18H2,1-3H3;8-15,17-19,28-29H,16H2,1-7H3;8-16,18-19,28,31H,17H2,1-7H3;4-9,12-18H,10-11H2,1-3H3/t19-,25+;;;/m1.../s1. The summed E-state index contributed by atoms with van der Waals surface area (Å²) in [5, 5.41) is 24.4. The fourth-order valence-electron chi connectivity index (χ4n) is 17.3. The molecule has 4 atom stereocenters. The lowest BCUT2D eigenvalue weighted by molar-refractivity contribution is 0.375. The van der Waals surface area contributed by atoms with Crippen molar-refractivity contribution in [3.8, 4) is 91.0 Å². The Morgan fingerprint density at radius 2 is 0.706 bits per heavy atom. The largest absolute Gasteiger partial charge is 0.497 e. The zero-order chi connectivity index (χ0) is 100. The monoisotopic (exact) mass is 1920 g/mol. The number of methoxy groups -OCH3 is 8. The number of rotatable bonds is 36. The lowest BCUT2D eigenvalue weighted by Crippen LogP contribution is -2.45. The molecule has 8 aromatic carbocycles. The van der Waals surface area contributed by atoms with Crippen LogP contribution < -0.4 is 68.1 Å². The summed E-state index contributed by atoms with van der Waals surface area (Å²) in [6, 6.07) is 60.1. The van der Waals surface area contributed by atoms with Crippen LogP contribution in [0.5, 0.6) is 46.0 Å². The second kappa shape index (κ2) is 45.9. The molecule has 10 heterocycles. The molecular weight excluding hydrogens is 1800 g/mol. The van der Waals surface area contributed by atoms with E-state index in [1.54, 1.807) is 125 Å². The van der Waals surface area contributed by atoms with Gasteiger partial charge in [-0.1, -0.05) is 61.5 Å². The Morgan fingerprint density at radius 3 is 1.05 bits per heavy atom. The molecule has 0 saturated heterocycles. The van der Waals surface area contributed by atoms with Gasteiger partial charge in [0.1, 0.15) is 46.0 Å². The highest BCUT2D eigenvalue weighted by Gasteiger charge is 2.41. The Balaban J connectivity index is 0.000000137. The smallest absolute Gasteiger partial charge is 0.124 e. The predicted octanol–water partition coefficient (Wildman–Crippen LogP) is 20.5. The topological polar surface area (TPSA) is 303 Å². The van der Waals surface area contributed by atoms with Crippen molar-refractivity contribution in [2.24, 2.45) is 45.9 Å². The van der Waals surface area contributed by atoms with Crippen molar-refractivity contribution in [1.29, 1.82) is 0 Å². The zero-order valence-corrected chi connectivity index (χ0v) is 84.9. The van der Waals surface area contributed by atoms with E-state index in [9.17, 15) is 0 Å². The molecule has 32 nitrogen and oxygen atoms in total. The van der Waals surface area contributed by atoms with E-state index < -0.39 is 0 Å². The van der Waals surface area contributed by atoms with E-state index in [1.165, 1.54) is 0 Å². The molecule has 1 saturated carbocycles. The number of benzene rings is 8. The zero-order valence-electron chi connectivity index (χ0n) is 84.9. The van der Waals surface area contributed by atoms with E-state index in [0.717, 1.165) is 225 Å². The fourth-order valence-corrected chi connectivity index (χ4v) is 17.3. The Labute approximate surface area is 834 Å². The van der Waals surface area contributed by atoms with Crippen LogP contribution in [0.2, 0.25) is 0 Å². The normalized spacial score (nSPS) is 13.1. The van der Waals surface area contributed by atoms with Crippen molar-refractivity contribution in [2.45, 2.75) is 98.4 Å². The number of anilines is 8. The first-order valence-electron chi connectivity index (χ1n) is 47.9. The van der Waals surface area contributed by atoms with Gasteiger partial charge in [-0.15, -0.1) is 0 Å². The van der Waals surface area contributed by atoms with Crippen molar-refractivity contribution >= 4 is 89.6 Å². The average Bonchev–Trinajstić information content (AvgIpc) is 1.70. The third-order valence-electron chi connectivity index (χ3n) is 25.1. The minimum absolute atomic E-state index is 0.163. The number of pyridine rings is 1. The summed E-state index contributed by atoms with van der Waals surface area (Å²) in [7, 11) is 20.9. The fraction of sp³-hybridized carbons (Fsp3) is 0.306. The quantitative estimate of drug-likeness (QED) is 0.0368. The third kappa shape index (κ3) is 24.9. The number of fused-ring (bicyclic) bond motifs is 4. The molecule has 738 valence electrons. The van der Waals surface area contributed by atoms with Gasteiger partial charge in [-0.25, -0.2) is 19.9 Å². The molecule has 1 fully saturated rings. The third-order valence-corrected chi connectivity index (χ3v) is 25.1. The van der Waals surface area contributed by atoms with Gasteiger partial charge in [-0.3, -0.25) is 43.6 Å². The molecule has 0 aliphatic heterocycles. The predicted molar refractivity (Wildman–Crippen MR) is 566 cm³/mol. The summed E-state index contributed by atoms with van der Waals surface area (Å²) in [5.74, 6) is 7.66. The highest BCUT2D eigenvalue weighted by atomic mass is 16.5. The molecule has 18 aromatic rings. The van der Waals surface area contributed by atoms with Crippen LogP contribution in [-0.4, -0.2) is 196 Å². The Kier molecular flexibility index (Phi) is 32.1. The summed E-state index contributed by atoms with van der Waals surface area (Å²) >= 11 is 0. The number of nitrogens with zero attached hydrogens (tertiary/aromatic N) is 22.